The molecule has 0 unspecified atom stereocenters. The van der Waals surface area contributed by atoms with Crippen LogP contribution in [-0.4, -0.2) is 17.8 Å². The number of primary amides is 1. The van der Waals surface area contributed by atoms with Gasteiger partial charge in [0.1, 0.15) is 5.75 Å². The minimum Gasteiger partial charge on any atom is -0.497 e. The molecular formula is C12H17NO2S. The van der Waals surface area contributed by atoms with Gasteiger partial charge in [-0.15, -0.1) is 11.8 Å². The highest BCUT2D eigenvalue weighted by atomic mass is 32.2. The highest BCUT2D eigenvalue weighted by Crippen LogP contribution is 2.28. The van der Waals surface area contributed by atoms with Gasteiger partial charge in [-0.3, -0.25) is 4.79 Å². The predicted octanol–water partition coefficient (Wildman–Crippen LogP) is 2.19. The summed E-state index contributed by atoms with van der Waals surface area (Å²) in [6.07, 6.45) is 0. The number of hydrogen-bond acceptors (Lipinski definition) is 3. The summed E-state index contributed by atoms with van der Waals surface area (Å²) >= 11 is 1.54. The number of hydrogen-bond donors (Lipinski definition) is 1. The monoisotopic (exact) mass is 239 g/mol. The van der Waals surface area contributed by atoms with E-state index in [1.807, 2.05) is 38.1 Å². The zero-order valence-corrected chi connectivity index (χ0v) is 10.6. The maximum Gasteiger partial charge on any atom is 0.233 e. The van der Waals surface area contributed by atoms with Crippen LogP contribution in [0.3, 0.4) is 0 Å². The Hall–Kier alpha value is -1.16. The Kier molecular flexibility index (Phi) is 4.24. The molecule has 1 rings (SSSR count). The van der Waals surface area contributed by atoms with Crippen LogP contribution in [0.4, 0.5) is 0 Å². The molecule has 0 aromatic heterocycles. The maximum absolute atomic E-state index is 11.1. The van der Waals surface area contributed by atoms with Crippen molar-refractivity contribution >= 4 is 17.7 Å². The zero-order chi connectivity index (χ0) is 12.2. The lowest BCUT2D eigenvalue weighted by Crippen LogP contribution is -2.34. The molecule has 0 saturated carbocycles. The standard InChI is InChI=1S/C12H17NO2S/c1-12(2,11(13)14)16-8-9-4-6-10(15-3)7-5-9/h4-7H,8H2,1-3H3,(H2,13,14). The fraction of sp³-hybridized carbons (Fsp3) is 0.417. The second-order valence-electron chi connectivity index (χ2n) is 4.01. The number of rotatable bonds is 5. The first-order chi connectivity index (χ1) is 7.45. The van der Waals surface area contributed by atoms with Gasteiger partial charge in [-0.05, 0) is 31.5 Å². The summed E-state index contributed by atoms with van der Waals surface area (Å²) in [5.41, 5.74) is 6.45. The second-order valence-corrected chi connectivity index (χ2v) is 5.61. The molecule has 0 saturated heterocycles. The Morgan fingerprint density at radius 2 is 1.94 bits per heavy atom. The van der Waals surface area contributed by atoms with E-state index in [1.165, 1.54) is 11.8 Å². The van der Waals surface area contributed by atoms with Crippen molar-refractivity contribution in [1.82, 2.24) is 0 Å². The normalized spacial score (nSPS) is 11.2. The van der Waals surface area contributed by atoms with Crippen molar-refractivity contribution < 1.29 is 9.53 Å². The van der Waals surface area contributed by atoms with Crippen molar-refractivity contribution in [2.45, 2.75) is 24.3 Å². The summed E-state index contributed by atoms with van der Waals surface area (Å²) in [7, 11) is 1.64. The quantitative estimate of drug-likeness (QED) is 0.857. The number of amides is 1. The predicted molar refractivity (Wildman–Crippen MR) is 67.6 cm³/mol. The number of methoxy groups -OCH3 is 1. The van der Waals surface area contributed by atoms with Crippen LogP contribution in [0.2, 0.25) is 0 Å². The molecule has 1 amide bonds. The molecule has 0 spiro atoms. The number of carbonyl (C=O) groups is 1. The average Bonchev–Trinajstić information content (AvgIpc) is 2.27. The van der Waals surface area contributed by atoms with Crippen LogP contribution in [0.1, 0.15) is 19.4 Å². The molecule has 2 N–H and O–H groups in total. The highest BCUT2D eigenvalue weighted by molar-refractivity contribution is 8.00. The van der Waals surface area contributed by atoms with E-state index in [0.29, 0.717) is 0 Å². The molecule has 0 aliphatic rings. The van der Waals surface area contributed by atoms with Crippen LogP contribution < -0.4 is 10.5 Å². The topological polar surface area (TPSA) is 52.3 Å². The van der Waals surface area contributed by atoms with Gasteiger partial charge in [0.2, 0.25) is 5.91 Å². The molecule has 0 aliphatic carbocycles. The van der Waals surface area contributed by atoms with Gasteiger partial charge in [0.25, 0.3) is 0 Å². The third-order valence-corrected chi connectivity index (χ3v) is 3.75. The SMILES string of the molecule is COc1ccc(CSC(C)(C)C(N)=O)cc1. The van der Waals surface area contributed by atoms with Gasteiger partial charge in [0.15, 0.2) is 0 Å². The van der Waals surface area contributed by atoms with Crippen LogP contribution in [0.5, 0.6) is 5.75 Å². The first-order valence-electron chi connectivity index (χ1n) is 5.02. The Morgan fingerprint density at radius 1 is 1.38 bits per heavy atom. The molecule has 3 nitrogen and oxygen atoms in total. The van der Waals surface area contributed by atoms with E-state index in [0.717, 1.165) is 17.1 Å². The molecule has 0 bridgehead atoms. The third-order valence-electron chi connectivity index (χ3n) is 2.35. The van der Waals surface area contributed by atoms with Gasteiger partial charge in [0.05, 0.1) is 11.9 Å². The van der Waals surface area contributed by atoms with E-state index in [1.54, 1.807) is 7.11 Å². The first-order valence-corrected chi connectivity index (χ1v) is 6.01. The van der Waals surface area contributed by atoms with Crippen molar-refractivity contribution in [3.8, 4) is 5.75 Å². The largest absolute Gasteiger partial charge is 0.497 e. The number of thioether (sulfide) groups is 1. The summed E-state index contributed by atoms with van der Waals surface area (Å²) < 4.78 is 4.54. The molecule has 16 heavy (non-hydrogen) atoms. The van der Waals surface area contributed by atoms with Gasteiger partial charge in [0, 0.05) is 5.75 Å². The minimum absolute atomic E-state index is 0.286. The van der Waals surface area contributed by atoms with Gasteiger partial charge in [-0.1, -0.05) is 12.1 Å². The minimum atomic E-state index is -0.528. The molecular weight excluding hydrogens is 222 g/mol. The lowest BCUT2D eigenvalue weighted by molar-refractivity contribution is -0.119. The molecule has 0 fully saturated rings. The van der Waals surface area contributed by atoms with Gasteiger partial charge >= 0.3 is 0 Å². The van der Waals surface area contributed by atoms with Crippen molar-refractivity contribution in [3.63, 3.8) is 0 Å². The summed E-state index contributed by atoms with van der Waals surface area (Å²) in [4.78, 5) is 11.1. The molecule has 0 heterocycles. The summed E-state index contributed by atoms with van der Waals surface area (Å²) in [5.74, 6) is 1.31. The van der Waals surface area contributed by atoms with Gasteiger partial charge in [-0.25, -0.2) is 0 Å². The Labute approximate surface area is 100 Å². The van der Waals surface area contributed by atoms with Crippen molar-refractivity contribution in [3.05, 3.63) is 29.8 Å². The third kappa shape index (κ3) is 3.45. The summed E-state index contributed by atoms with van der Waals surface area (Å²) in [6, 6.07) is 7.80. The van der Waals surface area contributed by atoms with Crippen molar-refractivity contribution in [1.29, 1.82) is 0 Å². The Balaban J connectivity index is 2.58. The van der Waals surface area contributed by atoms with E-state index in [9.17, 15) is 4.79 Å². The number of ether oxygens (including phenoxy) is 1. The van der Waals surface area contributed by atoms with E-state index in [4.69, 9.17) is 10.5 Å². The van der Waals surface area contributed by atoms with Crippen molar-refractivity contribution in [2.75, 3.05) is 7.11 Å². The number of benzene rings is 1. The Bertz CT molecular complexity index is 360. The molecule has 0 radical (unpaired) electrons. The smallest absolute Gasteiger partial charge is 0.233 e. The van der Waals surface area contributed by atoms with E-state index >= 15 is 0 Å². The average molecular weight is 239 g/mol. The summed E-state index contributed by atoms with van der Waals surface area (Å²) in [5, 5.41) is 0. The van der Waals surface area contributed by atoms with Crippen LogP contribution in [0, 0.1) is 0 Å². The molecule has 0 atom stereocenters. The van der Waals surface area contributed by atoms with E-state index < -0.39 is 4.75 Å². The zero-order valence-electron chi connectivity index (χ0n) is 9.82. The van der Waals surface area contributed by atoms with Crippen molar-refractivity contribution in [2.24, 2.45) is 5.73 Å². The van der Waals surface area contributed by atoms with Crippen LogP contribution in [0.15, 0.2) is 24.3 Å². The maximum atomic E-state index is 11.1. The molecule has 0 aliphatic heterocycles. The first kappa shape index (κ1) is 12.9. The van der Waals surface area contributed by atoms with Gasteiger partial charge in [-0.2, -0.15) is 0 Å². The molecule has 4 heteroatoms. The lowest BCUT2D eigenvalue weighted by atomic mass is 10.2. The fourth-order valence-corrected chi connectivity index (χ4v) is 1.92. The van der Waals surface area contributed by atoms with Crippen LogP contribution in [0.25, 0.3) is 0 Å². The van der Waals surface area contributed by atoms with E-state index in [-0.39, 0.29) is 5.91 Å². The van der Waals surface area contributed by atoms with Crippen LogP contribution in [-0.2, 0) is 10.5 Å². The lowest BCUT2D eigenvalue weighted by Gasteiger charge is -2.19. The molecule has 88 valence electrons. The Morgan fingerprint density at radius 3 is 2.38 bits per heavy atom. The fourth-order valence-electron chi connectivity index (χ4n) is 1.06. The highest BCUT2D eigenvalue weighted by Gasteiger charge is 2.25. The second kappa shape index (κ2) is 5.25. The van der Waals surface area contributed by atoms with Gasteiger partial charge < -0.3 is 10.5 Å². The van der Waals surface area contributed by atoms with Crippen LogP contribution >= 0.6 is 11.8 Å². The van der Waals surface area contributed by atoms with E-state index in [2.05, 4.69) is 0 Å². The summed E-state index contributed by atoms with van der Waals surface area (Å²) in [6.45, 7) is 3.67. The number of carbonyl (C=O) groups excluding carboxylic acids is 1. The molecule has 1 aromatic rings. The molecule has 1 aromatic carbocycles. The number of nitrogens with two attached hydrogens (primary N) is 1.